The highest BCUT2D eigenvalue weighted by molar-refractivity contribution is 5.86. The lowest BCUT2D eigenvalue weighted by molar-refractivity contribution is -0.159. The van der Waals surface area contributed by atoms with Crippen LogP contribution in [0.3, 0.4) is 0 Å². The zero-order valence-corrected chi connectivity index (χ0v) is 15.1. The Morgan fingerprint density at radius 3 is 2.64 bits per heavy atom. The van der Waals surface area contributed by atoms with E-state index in [2.05, 4.69) is 0 Å². The van der Waals surface area contributed by atoms with Crippen LogP contribution in [0.2, 0.25) is 0 Å². The van der Waals surface area contributed by atoms with E-state index >= 15 is 0 Å². The number of nitrogens with zero attached hydrogens (tertiary/aromatic N) is 1. The molecule has 140 valence electrons. The van der Waals surface area contributed by atoms with E-state index < -0.39 is 17.9 Å². The molecule has 7 heteroatoms. The van der Waals surface area contributed by atoms with Gasteiger partial charge in [-0.25, -0.2) is 4.79 Å². The maximum atomic E-state index is 12.6. The van der Waals surface area contributed by atoms with Crippen molar-refractivity contribution in [2.45, 2.75) is 45.3 Å². The molecule has 0 radical (unpaired) electrons. The largest absolute Gasteiger partial charge is 0.465 e. The molecule has 0 aromatic heterocycles. The number of esters is 2. The molecule has 25 heavy (non-hydrogen) atoms. The summed E-state index contributed by atoms with van der Waals surface area (Å²) >= 11 is 0. The Morgan fingerprint density at radius 2 is 1.92 bits per heavy atom. The molecular weight excluding hydrogens is 326 g/mol. The van der Waals surface area contributed by atoms with E-state index in [0.29, 0.717) is 13.0 Å². The number of hydrogen-bond acceptors (Lipinski definition) is 6. The van der Waals surface area contributed by atoms with E-state index in [4.69, 9.17) is 14.2 Å². The number of carbonyl (C=O) groups excluding carboxylic acids is 3. The fourth-order valence-electron chi connectivity index (χ4n) is 3.10. The lowest BCUT2D eigenvalue weighted by Gasteiger charge is -2.27. The minimum Gasteiger partial charge on any atom is -0.465 e. The molecule has 2 heterocycles. The molecule has 1 fully saturated rings. The minimum atomic E-state index is -0.570. The van der Waals surface area contributed by atoms with Crippen molar-refractivity contribution in [3.05, 3.63) is 12.2 Å². The van der Waals surface area contributed by atoms with Gasteiger partial charge in [-0.3, -0.25) is 9.59 Å². The Balaban J connectivity index is 2.16. The van der Waals surface area contributed by atoms with Crippen LogP contribution in [0.15, 0.2) is 12.2 Å². The zero-order valence-electron chi connectivity index (χ0n) is 15.1. The van der Waals surface area contributed by atoms with Crippen molar-refractivity contribution in [3.63, 3.8) is 0 Å². The van der Waals surface area contributed by atoms with Gasteiger partial charge in [-0.05, 0) is 12.8 Å². The maximum Gasteiger partial charge on any atom is 0.328 e. The first-order valence-corrected chi connectivity index (χ1v) is 8.76. The molecule has 2 aliphatic heterocycles. The van der Waals surface area contributed by atoms with Crippen LogP contribution in [0.4, 0.5) is 0 Å². The average molecular weight is 353 g/mol. The van der Waals surface area contributed by atoms with Crippen molar-refractivity contribution in [2.24, 2.45) is 11.8 Å². The molecule has 7 nitrogen and oxygen atoms in total. The highest BCUT2D eigenvalue weighted by atomic mass is 16.6. The third kappa shape index (κ3) is 5.04. The van der Waals surface area contributed by atoms with Gasteiger partial charge in [0.15, 0.2) is 0 Å². The van der Waals surface area contributed by atoms with Crippen molar-refractivity contribution in [3.8, 4) is 0 Å². The number of methoxy groups -OCH3 is 1. The van der Waals surface area contributed by atoms with Gasteiger partial charge < -0.3 is 19.1 Å². The summed E-state index contributed by atoms with van der Waals surface area (Å²) in [5.41, 5.74) is 0. The number of rotatable bonds is 1. The van der Waals surface area contributed by atoms with Gasteiger partial charge in [0.1, 0.15) is 19.3 Å². The van der Waals surface area contributed by atoms with Gasteiger partial charge in [-0.15, -0.1) is 0 Å². The molecule has 2 rings (SSSR count). The lowest BCUT2D eigenvalue weighted by atomic mass is 10.0. The first kappa shape index (κ1) is 19.4. The standard InChI is InChI=1S/C18H27NO6/c1-12-6-4-8-16(20)24-10-13(2)17(21)19-9-5-7-14(19)18(22)25-11-15(12)23-3/h4,6,12-15H,5,7-11H2,1-3H3/b6-4+/t12-,13-,14-,15-/m0/s1. The molecule has 0 spiro atoms. The number of cyclic esters (lactones) is 2. The van der Waals surface area contributed by atoms with Gasteiger partial charge >= 0.3 is 11.9 Å². The first-order chi connectivity index (χ1) is 11.9. The first-order valence-electron chi connectivity index (χ1n) is 8.76. The second-order valence-electron chi connectivity index (χ2n) is 6.67. The van der Waals surface area contributed by atoms with Gasteiger partial charge in [-0.2, -0.15) is 0 Å². The highest BCUT2D eigenvalue weighted by Gasteiger charge is 2.37. The smallest absolute Gasteiger partial charge is 0.328 e. The second kappa shape index (κ2) is 8.99. The van der Waals surface area contributed by atoms with Gasteiger partial charge in [-0.1, -0.05) is 26.0 Å². The second-order valence-corrected chi connectivity index (χ2v) is 6.67. The summed E-state index contributed by atoms with van der Waals surface area (Å²) in [6.45, 7) is 4.27. The molecule has 0 aliphatic carbocycles. The number of amides is 1. The Labute approximate surface area is 148 Å². The van der Waals surface area contributed by atoms with Gasteiger partial charge in [0.2, 0.25) is 5.91 Å². The van der Waals surface area contributed by atoms with Crippen LogP contribution in [0.1, 0.15) is 33.1 Å². The highest BCUT2D eigenvalue weighted by Crippen LogP contribution is 2.22. The molecule has 0 N–H and O–H groups in total. The monoisotopic (exact) mass is 353 g/mol. The summed E-state index contributed by atoms with van der Waals surface area (Å²) in [6, 6.07) is -0.570. The van der Waals surface area contributed by atoms with Gasteiger partial charge in [0.05, 0.1) is 18.4 Å². The molecule has 0 bridgehead atoms. The summed E-state index contributed by atoms with van der Waals surface area (Å²) in [7, 11) is 1.55. The van der Waals surface area contributed by atoms with Crippen molar-refractivity contribution in [1.29, 1.82) is 0 Å². The molecule has 1 amide bonds. The molecule has 0 unspecified atom stereocenters. The van der Waals surface area contributed by atoms with Crippen LogP contribution in [-0.4, -0.2) is 61.8 Å². The Kier molecular flexibility index (Phi) is 6.99. The Bertz CT molecular complexity index is 532. The normalized spacial score (nSPS) is 33.7. The van der Waals surface area contributed by atoms with Crippen LogP contribution in [0.5, 0.6) is 0 Å². The maximum absolute atomic E-state index is 12.6. The van der Waals surface area contributed by atoms with Crippen molar-refractivity contribution < 1.29 is 28.6 Å². The van der Waals surface area contributed by atoms with E-state index in [9.17, 15) is 14.4 Å². The van der Waals surface area contributed by atoms with Crippen LogP contribution < -0.4 is 0 Å². The predicted octanol–water partition coefficient (Wildman–Crippen LogP) is 1.31. The fraction of sp³-hybridized carbons (Fsp3) is 0.722. The number of ether oxygens (including phenoxy) is 3. The fourth-order valence-corrected chi connectivity index (χ4v) is 3.10. The van der Waals surface area contributed by atoms with Gasteiger partial charge in [0.25, 0.3) is 0 Å². The molecule has 4 atom stereocenters. The van der Waals surface area contributed by atoms with E-state index in [0.717, 1.165) is 6.42 Å². The third-order valence-electron chi connectivity index (χ3n) is 4.73. The van der Waals surface area contributed by atoms with Gasteiger partial charge in [0, 0.05) is 19.6 Å². The van der Waals surface area contributed by atoms with Crippen LogP contribution in [0, 0.1) is 11.8 Å². The summed E-state index contributed by atoms with van der Waals surface area (Å²) in [5, 5.41) is 0. The average Bonchev–Trinajstić information content (AvgIpc) is 3.08. The summed E-state index contributed by atoms with van der Waals surface area (Å²) in [6.07, 6.45) is 4.72. The molecular formula is C18H27NO6. The predicted molar refractivity (Wildman–Crippen MR) is 89.5 cm³/mol. The number of fused-ring (bicyclic) bond motifs is 1. The third-order valence-corrected chi connectivity index (χ3v) is 4.73. The van der Waals surface area contributed by atoms with E-state index in [1.807, 2.05) is 13.0 Å². The van der Waals surface area contributed by atoms with E-state index in [1.54, 1.807) is 25.0 Å². The Morgan fingerprint density at radius 1 is 1.16 bits per heavy atom. The topological polar surface area (TPSA) is 82.1 Å². The lowest BCUT2D eigenvalue weighted by Crippen LogP contribution is -2.45. The molecule has 0 aromatic rings. The summed E-state index contributed by atoms with van der Waals surface area (Å²) in [4.78, 5) is 38.4. The summed E-state index contributed by atoms with van der Waals surface area (Å²) < 4.78 is 16.0. The zero-order chi connectivity index (χ0) is 18.4. The van der Waals surface area contributed by atoms with Crippen molar-refractivity contribution >= 4 is 17.8 Å². The Hall–Kier alpha value is -1.89. The van der Waals surface area contributed by atoms with E-state index in [1.165, 1.54) is 0 Å². The SMILES string of the molecule is CO[C@H]1COC(=O)[C@@H]2CCCN2C(=O)[C@@H](C)COC(=O)C/C=C/[C@@H]1C. The van der Waals surface area contributed by atoms with Crippen molar-refractivity contribution in [2.75, 3.05) is 26.9 Å². The molecule has 0 aromatic carbocycles. The summed E-state index contributed by atoms with van der Waals surface area (Å²) in [5.74, 6) is -1.48. The number of hydrogen-bond donors (Lipinski definition) is 0. The van der Waals surface area contributed by atoms with Crippen LogP contribution in [0.25, 0.3) is 0 Å². The van der Waals surface area contributed by atoms with Crippen molar-refractivity contribution in [1.82, 2.24) is 4.90 Å². The minimum absolute atomic E-state index is 0.0139. The molecule has 2 aliphatic rings. The molecule has 0 saturated carbocycles. The van der Waals surface area contributed by atoms with Crippen LogP contribution >= 0.6 is 0 Å². The quantitative estimate of drug-likeness (QED) is 0.522. The molecule has 1 saturated heterocycles. The van der Waals surface area contributed by atoms with E-state index in [-0.39, 0.29) is 43.5 Å². The van der Waals surface area contributed by atoms with Crippen LogP contribution in [-0.2, 0) is 28.6 Å². The number of carbonyl (C=O) groups is 3.